The third-order valence-electron chi connectivity index (χ3n) is 3.24. The van der Waals surface area contributed by atoms with E-state index in [-0.39, 0.29) is 11.7 Å². The van der Waals surface area contributed by atoms with E-state index in [1.165, 1.54) is 12.3 Å². The van der Waals surface area contributed by atoms with E-state index in [4.69, 9.17) is 0 Å². The smallest absolute Gasteiger partial charge is 0.256 e. The molecule has 0 saturated heterocycles. The number of hydrogen-bond donors (Lipinski definition) is 2. The second kappa shape index (κ2) is 7.23. The second-order valence-corrected chi connectivity index (χ2v) is 5.92. The van der Waals surface area contributed by atoms with Crippen LogP contribution in [0.1, 0.15) is 10.4 Å². The Morgan fingerprint density at radius 1 is 1.04 bits per heavy atom. The van der Waals surface area contributed by atoms with Crippen LogP contribution in [0.2, 0.25) is 0 Å². The highest BCUT2D eigenvalue weighted by molar-refractivity contribution is 9.10. The highest BCUT2D eigenvalue weighted by Gasteiger charge is 2.07. The second-order valence-electron chi connectivity index (χ2n) is 5.00. The quantitative estimate of drug-likeness (QED) is 0.665. The van der Waals surface area contributed by atoms with Gasteiger partial charge in [0.15, 0.2) is 0 Å². The van der Waals surface area contributed by atoms with Crippen molar-refractivity contribution < 1.29 is 9.18 Å². The van der Waals surface area contributed by atoms with E-state index < -0.39 is 0 Å². The van der Waals surface area contributed by atoms with E-state index >= 15 is 0 Å². The number of halogens is 2. The molecule has 0 radical (unpaired) electrons. The number of carbonyl (C=O) groups is 1. The zero-order valence-corrected chi connectivity index (χ0v) is 14.0. The Kier molecular flexibility index (Phi) is 4.86. The number of carbonyl (C=O) groups excluding carboxylic acids is 1. The highest BCUT2D eigenvalue weighted by atomic mass is 79.9. The third kappa shape index (κ3) is 3.97. The Morgan fingerprint density at radius 3 is 2.58 bits per heavy atom. The predicted octanol–water partition coefficient (Wildman–Crippen LogP) is 4.98. The molecule has 0 aliphatic heterocycles. The summed E-state index contributed by atoms with van der Waals surface area (Å²) in [5.74, 6) is -0.179. The van der Waals surface area contributed by atoms with Gasteiger partial charge in [0.05, 0.1) is 17.6 Å². The first kappa shape index (κ1) is 16.1. The maximum absolute atomic E-state index is 13.6. The molecular weight excluding hydrogens is 373 g/mol. The fourth-order valence-corrected chi connectivity index (χ4v) is 2.48. The third-order valence-corrected chi connectivity index (χ3v) is 3.74. The monoisotopic (exact) mass is 385 g/mol. The van der Waals surface area contributed by atoms with Gasteiger partial charge in [-0.15, -0.1) is 0 Å². The topological polar surface area (TPSA) is 54.0 Å². The molecule has 0 bridgehead atoms. The largest absolute Gasteiger partial charge is 0.352 e. The van der Waals surface area contributed by atoms with Crippen molar-refractivity contribution in [3.05, 3.63) is 82.7 Å². The molecule has 0 aliphatic carbocycles. The number of aromatic nitrogens is 1. The Morgan fingerprint density at radius 2 is 1.88 bits per heavy atom. The van der Waals surface area contributed by atoms with Crippen LogP contribution in [-0.2, 0) is 0 Å². The number of nitrogens with one attached hydrogen (secondary N) is 2. The van der Waals surface area contributed by atoms with Crippen molar-refractivity contribution in [3.63, 3.8) is 0 Å². The number of anilines is 3. The van der Waals surface area contributed by atoms with Gasteiger partial charge in [-0.2, -0.15) is 0 Å². The summed E-state index contributed by atoms with van der Waals surface area (Å²) in [7, 11) is 0. The number of pyridine rings is 1. The van der Waals surface area contributed by atoms with Gasteiger partial charge in [-0.3, -0.25) is 4.79 Å². The SMILES string of the molecule is O=C(Nc1ccc(Nc2ccccc2F)cn1)c1cccc(Br)c1. The highest BCUT2D eigenvalue weighted by Crippen LogP contribution is 2.20. The summed E-state index contributed by atoms with van der Waals surface area (Å²) in [6, 6.07) is 16.8. The Balaban J connectivity index is 1.68. The van der Waals surface area contributed by atoms with E-state index in [9.17, 15) is 9.18 Å². The summed E-state index contributed by atoms with van der Waals surface area (Å²) < 4.78 is 14.4. The molecule has 24 heavy (non-hydrogen) atoms. The van der Waals surface area contributed by atoms with Crippen molar-refractivity contribution in [2.45, 2.75) is 0 Å². The van der Waals surface area contributed by atoms with Crippen molar-refractivity contribution in [2.24, 2.45) is 0 Å². The molecule has 0 atom stereocenters. The van der Waals surface area contributed by atoms with Crippen molar-refractivity contribution in [2.75, 3.05) is 10.6 Å². The van der Waals surface area contributed by atoms with Crippen LogP contribution < -0.4 is 10.6 Å². The molecule has 3 rings (SSSR count). The van der Waals surface area contributed by atoms with Gasteiger partial charge in [0.2, 0.25) is 0 Å². The maximum Gasteiger partial charge on any atom is 0.256 e. The minimum Gasteiger partial charge on any atom is -0.352 e. The van der Waals surface area contributed by atoms with Gasteiger partial charge in [-0.05, 0) is 42.5 Å². The van der Waals surface area contributed by atoms with Crippen LogP contribution in [0.25, 0.3) is 0 Å². The molecular formula is C18H13BrFN3O. The Hall–Kier alpha value is -2.73. The average Bonchev–Trinajstić information content (AvgIpc) is 2.58. The molecule has 120 valence electrons. The number of amides is 1. The maximum atomic E-state index is 13.6. The molecule has 0 spiro atoms. The Bertz CT molecular complexity index is 868. The van der Waals surface area contributed by atoms with E-state index in [0.29, 0.717) is 22.8 Å². The normalized spacial score (nSPS) is 10.2. The van der Waals surface area contributed by atoms with Crippen LogP contribution in [0.4, 0.5) is 21.6 Å². The predicted molar refractivity (Wildman–Crippen MR) is 96.0 cm³/mol. The van der Waals surface area contributed by atoms with Crippen LogP contribution in [0.5, 0.6) is 0 Å². The minimum atomic E-state index is -0.343. The standard InChI is InChI=1S/C18H13BrFN3O/c19-13-5-3-4-12(10-13)18(24)23-17-9-8-14(11-21-17)22-16-7-2-1-6-15(16)20/h1-11,22H,(H,21,23,24). The van der Waals surface area contributed by atoms with Crippen LogP contribution >= 0.6 is 15.9 Å². The number of benzene rings is 2. The van der Waals surface area contributed by atoms with Gasteiger partial charge >= 0.3 is 0 Å². The fourth-order valence-electron chi connectivity index (χ4n) is 2.08. The van der Waals surface area contributed by atoms with Crippen LogP contribution in [-0.4, -0.2) is 10.9 Å². The number of para-hydroxylation sites is 1. The van der Waals surface area contributed by atoms with Gasteiger partial charge < -0.3 is 10.6 Å². The lowest BCUT2D eigenvalue weighted by molar-refractivity contribution is 0.102. The van der Waals surface area contributed by atoms with Gasteiger partial charge in [0, 0.05) is 10.0 Å². The van der Waals surface area contributed by atoms with Crippen LogP contribution in [0.3, 0.4) is 0 Å². The molecule has 1 heterocycles. The summed E-state index contributed by atoms with van der Waals surface area (Å²) in [6.07, 6.45) is 1.53. The first-order valence-corrected chi connectivity index (χ1v) is 7.95. The lowest BCUT2D eigenvalue weighted by Crippen LogP contribution is -2.12. The summed E-state index contributed by atoms with van der Waals surface area (Å²) >= 11 is 3.33. The first-order valence-electron chi connectivity index (χ1n) is 7.16. The summed E-state index contributed by atoms with van der Waals surface area (Å²) in [4.78, 5) is 16.3. The molecule has 4 nitrogen and oxygen atoms in total. The zero-order chi connectivity index (χ0) is 16.9. The number of nitrogens with zero attached hydrogens (tertiary/aromatic N) is 1. The van der Waals surface area contributed by atoms with Crippen LogP contribution in [0.15, 0.2) is 71.3 Å². The number of hydrogen-bond acceptors (Lipinski definition) is 3. The zero-order valence-electron chi connectivity index (χ0n) is 12.5. The Labute approximate surface area is 146 Å². The average molecular weight is 386 g/mol. The summed E-state index contributed by atoms with van der Waals surface area (Å²) in [6.45, 7) is 0. The molecule has 0 unspecified atom stereocenters. The van der Waals surface area contributed by atoms with Gasteiger partial charge in [0.1, 0.15) is 11.6 Å². The lowest BCUT2D eigenvalue weighted by atomic mass is 10.2. The van der Waals surface area contributed by atoms with E-state index in [2.05, 4.69) is 31.5 Å². The molecule has 1 aromatic heterocycles. The van der Waals surface area contributed by atoms with E-state index in [0.717, 1.165) is 4.47 Å². The fraction of sp³-hybridized carbons (Fsp3) is 0. The molecule has 6 heteroatoms. The molecule has 0 fully saturated rings. The van der Waals surface area contributed by atoms with E-state index in [1.54, 1.807) is 48.5 Å². The number of rotatable bonds is 4. The molecule has 1 amide bonds. The first-order chi connectivity index (χ1) is 11.6. The minimum absolute atomic E-state index is 0.251. The summed E-state index contributed by atoms with van der Waals surface area (Å²) in [5, 5.41) is 5.65. The molecule has 0 aliphatic rings. The molecule has 2 N–H and O–H groups in total. The van der Waals surface area contributed by atoms with Crippen molar-refractivity contribution in [1.29, 1.82) is 0 Å². The van der Waals surface area contributed by atoms with Crippen molar-refractivity contribution in [3.8, 4) is 0 Å². The molecule has 0 saturated carbocycles. The van der Waals surface area contributed by atoms with Crippen LogP contribution in [0, 0.1) is 5.82 Å². The molecule has 3 aromatic rings. The van der Waals surface area contributed by atoms with Crippen molar-refractivity contribution in [1.82, 2.24) is 4.98 Å². The molecule has 2 aromatic carbocycles. The van der Waals surface area contributed by atoms with Gasteiger partial charge in [0.25, 0.3) is 5.91 Å². The van der Waals surface area contributed by atoms with Gasteiger partial charge in [-0.25, -0.2) is 9.37 Å². The van der Waals surface area contributed by atoms with Crippen molar-refractivity contribution >= 4 is 39.0 Å². The van der Waals surface area contributed by atoms with E-state index in [1.807, 2.05) is 6.07 Å². The summed E-state index contributed by atoms with van der Waals surface area (Å²) in [5.41, 5.74) is 1.52. The lowest BCUT2D eigenvalue weighted by Gasteiger charge is -2.09. The van der Waals surface area contributed by atoms with Gasteiger partial charge in [-0.1, -0.05) is 34.1 Å².